The Kier molecular flexibility index (Phi) is 4.02. The summed E-state index contributed by atoms with van der Waals surface area (Å²) < 4.78 is 6.08. The average molecular weight is 362 g/mol. The van der Waals surface area contributed by atoms with Gasteiger partial charge in [-0.1, -0.05) is 80.6 Å². The normalized spacial score (nSPS) is 11.5. The van der Waals surface area contributed by atoms with E-state index in [0.29, 0.717) is 5.92 Å². The lowest BCUT2D eigenvalue weighted by Gasteiger charge is -2.07. The third kappa shape index (κ3) is 2.90. The fourth-order valence-electron chi connectivity index (χ4n) is 3.83. The van der Waals surface area contributed by atoms with E-state index in [-0.39, 0.29) is 0 Å². The van der Waals surface area contributed by atoms with Gasteiger partial charge in [0.1, 0.15) is 11.2 Å². The van der Waals surface area contributed by atoms with Gasteiger partial charge in [0.2, 0.25) is 0 Å². The lowest BCUT2D eigenvalue weighted by atomic mass is 9.97. The zero-order chi connectivity index (χ0) is 19.1. The highest BCUT2D eigenvalue weighted by atomic mass is 16.3. The van der Waals surface area contributed by atoms with Crippen molar-refractivity contribution in [2.75, 3.05) is 0 Å². The highest BCUT2D eigenvalue weighted by Gasteiger charge is 2.10. The number of hydrogen-bond donors (Lipinski definition) is 0. The fourth-order valence-corrected chi connectivity index (χ4v) is 3.83. The van der Waals surface area contributed by atoms with Crippen LogP contribution in [-0.4, -0.2) is 0 Å². The van der Waals surface area contributed by atoms with Crippen LogP contribution in [0.2, 0.25) is 0 Å². The van der Waals surface area contributed by atoms with Crippen molar-refractivity contribution in [1.82, 2.24) is 0 Å². The molecule has 0 saturated heterocycles. The smallest absolute Gasteiger partial charge is 0.135 e. The summed E-state index contributed by atoms with van der Waals surface area (Å²) in [6, 6.07) is 32.3. The second-order valence-electron chi connectivity index (χ2n) is 7.67. The highest BCUT2D eigenvalue weighted by Crippen LogP contribution is 2.35. The summed E-state index contributed by atoms with van der Waals surface area (Å²) in [6.45, 7) is 4.45. The molecule has 0 atom stereocenters. The standard InChI is InChI=1S/C27H22O/c1-18(2)19-8-10-21(11-9-19)23-13-15-27-25(17-23)24-16-22(12-14-26(24)28-27)20-6-4-3-5-7-20/h3-18H,1-2H3. The van der Waals surface area contributed by atoms with Gasteiger partial charge in [0.25, 0.3) is 0 Å². The third-order valence-electron chi connectivity index (χ3n) is 5.49. The molecular weight excluding hydrogens is 340 g/mol. The summed E-state index contributed by atoms with van der Waals surface area (Å²) in [5.74, 6) is 0.547. The van der Waals surface area contributed by atoms with E-state index in [1.807, 2.05) is 6.07 Å². The van der Waals surface area contributed by atoms with E-state index in [0.717, 1.165) is 16.6 Å². The largest absolute Gasteiger partial charge is 0.456 e. The predicted molar refractivity (Wildman–Crippen MR) is 119 cm³/mol. The first-order valence-corrected chi connectivity index (χ1v) is 9.81. The van der Waals surface area contributed by atoms with Crippen molar-refractivity contribution < 1.29 is 4.42 Å². The maximum Gasteiger partial charge on any atom is 0.135 e. The first-order chi connectivity index (χ1) is 13.7. The van der Waals surface area contributed by atoms with Crippen LogP contribution in [0.3, 0.4) is 0 Å². The molecule has 28 heavy (non-hydrogen) atoms. The summed E-state index contributed by atoms with van der Waals surface area (Å²) in [5, 5.41) is 2.33. The molecule has 0 N–H and O–H groups in total. The molecular formula is C27H22O. The Morgan fingerprint density at radius 3 is 1.57 bits per heavy atom. The lowest BCUT2D eigenvalue weighted by Crippen LogP contribution is -1.86. The Balaban J connectivity index is 1.64. The van der Waals surface area contributed by atoms with Gasteiger partial charge in [-0.2, -0.15) is 0 Å². The van der Waals surface area contributed by atoms with Crippen molar-refractivity contribution in [3.63, 3.8) is 0 Å². The molecule has 0 spiro atoms. The Morgan fingerprint density at radius 1 is 0.536 bits per heavy atom. The Morgan fingerprint density at radius 2 is 1.04 bits per heavy atom. The molecule has 0 saturated carbocycles. The molecule has 4 aromatic carbocycles. The number of rotatable bonds is 3. The average Bonchev–Trinajstić information content (AvgIpc) is 3.11. The van der Waals surface area contributed by atoms with E-state index < -0.39 is 0 Å². The van der Waals surface area contributed by atoms with Crippen LogP contribution in [0, 0.1) is 0 Å². The van der Waals surface area contributed by atoms with Crippen LogP contribution < -0.4 is 0 Å². The molecule has 1 aromatic heterocycles. The van der Waals surface area contributed by atoms with Crippen LogP contribution in [0.5, 0.6) is 0 Å². The monoisotopic (exact) mass is 362 g/mol. The first kappa shape index (κ1) is 16.8. The van der Waals surface area contributed by atoms with Gasteiger partial charge >= 0.3 is 0 Å². The maximum atomic E-state index is 6.08. The third-order valence-corrected chi connectivity index (χ3v) is 5.49. The first-order valence-electron chi connectivity index (χ1n) is 9.81. The van der Waals surface area contributed by atoms with Crippen molar-refractivity contribution in [2.24, 2.45) is 0 Å². The number of furan rings is 1. The Hall–Kier alpha value is -3.32. The molecule has 0 bridgehead atoms. The molecule has 0 aliphatic rings. The zero-order valence-electron chi connectivity index (χ0n) is 16.1. The van der Waals surface area contributed by atoms with Crippen LogP contribution in [0.15, 0.2) is 95.4 Å². The molecule has 1 heterocycles. The van der Waals surface area contributed by atoms with Crippen LogP contribution in [-0.2, 0) is 0 Å². The van der Waals surface area contributed by atoms with Gasteiger partial charge in [-0.05, 0) is 58.0 Å². The van der Waals surface area contributed by atoms with Crippen molar-refractivity contribution in [3.8, 4) is 22.3 Å². The quantitative estimate of drug-likeness (QED) is 0.316. The van der Waals surface area contributed by atoms with Gasteiger partial charge in [0, 0.05) is 10.8 Å². The SMILES string of the molecule is CC(C)c1ccc(-c2ccc3oc4ccc(-c5ccccc5)cc4c3c2)cc1. The summed E-state index contributed by atoms with van der Waals surface area (Å²) in [4.78, 5) is 0. The minimum atomic E-state index is 0.547. The molecule has 0 aliphatic heterocycles. The Labute approximate surface area is 165 Å². The minimum Gasteiger partial charge on any atom is -0.456 e. The second kappa shape index (κ2) is 6.69. The number of benzene rings is 4. The molecule has 1 nitrogen and oxygen atoms in total. The van der Waals surface area contributed by atoms with Gasteiger partial charge in [-0.15, -0.1) is 0 Å². The summed E-state index contributed by atoms with van der Waals surface area (Å²) in [6.07, 6.45) is 0. The fraction of sp³-hybridized carbons (Fsp3) is 0.111. The summed E-state index contributed by atoms with van der Waals surface area (Å²) in [5.41, 5.74) is 8.12. The minimum absolute atomic E-state index is 0.547. The molecule has 136 valence electrons. The molecule has 0 amide bonds. The van der Waals surface area contributed by atoms with Crippen LogP contribution in [0.1, 0.15) is 25.3 Å². The molecule has 0 radical (unpaired) electrons. The van der Waals surface area contributed by atoms with Crippen molar-refractivity contribution in [3.05, 3.63) is 96.6 Å². The number of fused-ring (bicyclic) bond motifs is 3. The lowest BCUT2D eigenvalue weighted by molar-refractivity contribution is 0.669. The van der Waals surface area contributed by atoms with Gasteiger partial charge < -0.3 is 4.42 Å². The van der Waals surface area contributed by atoms with E-state index in [1.54, 1.807) is 0 Å². The zero-order valence-corrected chi connectivity index (χ0v) is 16.1. The van der Waals surface area contributed by atoms with Gasteiger partial charge in [-0.25, -0.2) is 0 Å². The van der Waals surface area contributed by atoms with E-state index in [2.05, 4.69) is 98.8 Å². The van der Waals surface area contributed by atoms with Crippen molar-refractivity contribution >= 4 is 21.9 Å². The molecule has 5 aromatic rings. The van der Waals surface area contributed by atoms with E-state index in [1.165, 1.54) is 33.2 Å². The van der Waals surface area contributed by atoms with Crippen molar-refractivity contribution in [2.45, 2.75) is 19.8 Å². The topological polar surface area (TPSA) is 13.1 Å². The van der Waals surface area contributed by atoms with Gasteiger partial charge in [0.05, 0.1) is 0 Å². The summed E-state index contributed by atoms with van der Waals surface area (Å²) >= 11 is 0. The summed E-state index contributed by atoms with van der Waals surface area (Å²) in [7, 11) is 0. The second-order valence-corrected chi connectivity index (χ2v) is 7.67. The molecule has 5 rings (SSSR count). The van der Waals surface area contributed by atoms with Crippen LogP contribution in [0.4, 0.5) is 0 Å². The van der Waals surface area contributed by atoms with E-state index >= 15 is 0 Å². The van der Waals surface area contributed by atoms with Crippen LogP contribution >= 0.6 is 0 Å². The van der Waals surface area contributed by atoms with Crippen molar-refractivity contribution in [1.29, 1.82) is 0 Å². The van der Waals surface area contributed by atoms with E-state index in [4.69, 9.17) is 4.42 Å². The van der Waals surface area contributed by atoms with E-state index in [9.17, 15) is 0 Å². The molecule has 0 fully saturated rings. The molecule has 0 aliphatic carbocycles. The maximum absolute atomic E-state index is 6.08. The molecule has 0 unspecified atom stereocenters. The molecule has 1 heteroatoms. The van der Waals surface area contributed by atoms with Gasteiger partial charge in [-0.3, -0.25) is 0 Å². The van der Waals surface area contributed by atoms with Crippen LogP contribution in [0.25, 0.3) is 44.2 Å². The number of hydrogen-bond acceptors (Lipinski definition) is 1. The predicted octanol–water partition coefficient (Wildman–Crippen LogP) is 8.04. The van der Waals surface area contributed by atoms with Gasteiger partial charge in [0.15, 0.2) is 0 Å². The Bertz CT molecular complexity index is 1260. The highest BCUT2D eigenvalue weighted by molar-refractivity contribution is 6.07.